The van der Waals surface area contributed by atoms with Gasteiger partial charge in [0.15, 0.2) is 0 Å². The Morgan fingerprint density at radius 1 is 1.38 bits per heavy atom. The number of amides is 2. The van der Waals surface area contributed by atoms with E-state index in [1.54, 1.807) is 12.3 Å². The predicted molar refractivity (Wildman–Crippen MR) is 102 cm³/mol. The molecule has 1 N–H and O–H groups in total. The standard InChI is InChI=1S/C20H30N4O2/c1-14(2)22-20(26)16-8-9-21-18(11-16)23(3)12-15-10-19(25)24(13-15)17-6-4-5-7-17/h8-9,11,14-15,17H,4-7,10,12-13H2,1-3H3,(H,22,26). The van der Waals surface area contributed by atoms with Gasteiger partial charge in [-0.15, -0.1) is 0 Å². The van der Waals surface area contributed by atoms with Gasteiger partial charge in [-0.3, -0.25) is 9.59 Å². The van der Waals surface area contributed by atoms with Gasteiger partial charge >= 0.3 is 0 Å². The lowest BCUT2D eigenvalue weighted by molar-refractivity contribution is -0.129. The van der Waals surface area contributed by atoms with Gasteiger partial charge < -0.3 is 15.1 Å². The average Bonchev–Trinajstić information content (AvgIpc) is 3.24. The van der Waals surface area contributed by atoms with Crippen LogP contribution in [0, 0.1) is 5.92 Å². The average molecular weight is 358 g/mol. The molecule has 2 heterocycles. The van der Waals surface area contributed by atoms with Gasteiger partial charge in [-0.2, -0.15) is 0 Å². The molecule has 0 bridgehead atoms. The Morgan fingerprint density at radius 2 is 2.12 bits per heavy atom. The molecular formula is C20H30N4O2. The first-order valence-corrected chi connectivity index (χ1v) is 9.71. The van der Waals surface area contributed by atoms with E-state index in [1.165, 1.54) is 12.8 Å². The van der Waals surface area contributed by atoms with Crippen LogP contribution in [0.3, 0.4) is 0 Å². The van der Waals surface area contributed by atoms with Crippen LogP contribution in [-0.2, 0) is 4.79 Å². The van der Waals surface area contributed by atoms with E-state index in [2.05, 4.69) is 20.1 Å². The summed E-state index contributed by atoms with van der Waals surface area (Å²) in [4.78, 5) is 33.1. The maximum absolute atomic E-state index is 12.4. The molecule has 26 heavy (non-hydrogen) atoms. The molecular weight excluding hydrogens is 328 g/mol. The van der Waals surface area contributed by atoms with Gasteiger partial charge in [-0.1, -0.05) is 12.8 Å². The summed E-state index contributed by atoms with van der Waals surface area (Å²) in [6.45, 7) is 5.51. The third-order valence-corrected chi connectivity index (χ3v) is 5.35. The Hall–Kier alpha value is -2.11. The lowest BCUT2D eigenvalue weighted by Gasteiger charge is -2.26. The van der Waals surface area contributed by atoms with E-state index in [0.717, 1.165) is 31.7 Å². The van der Waals surface area contributed by atoms with Crippen LogP contribution in [0.2, 0.25) is 0 Å². The van der Waals surface area contributed by atoms with E-state index in [0.29, 0.717) is 29.9 Å². The molecule has 0 radical (unpaired) electrons. The second kappa shape index (κ2) is 8.06. The molecule has 2 fully saturated rings. The molecule has 3 rings (SSSR count). The molecule has 1 aromatic heterocycles. The summed E-state index contributed by atoms with van der Waals surface area (Å²) < 4.78 is 0. The monoisotopic (exact) mass is 358 g/mol. The molecule has 1 unspecified atom stereocenters. The number of nitrogens with one attached hydrogen (secondary N) is 1. The molecule has 2 amide bonds. The second-order valence-electron chi connectivity index (χ2n) is 7.97. The third-order valence-electron chi connectivity index (χ3n) is 5.35. The lowest BCUT2D eigenvalue weighted by Crippen LogP contribution is -2.35. The van der Waals surface area contributed by atoms with Gasteiger partial charge in [0.2, 0.25) is 5.91 Å². The van der Waals surface area contributed by atoms with Gasteiger partial charge in [-0.25, -0.2) is 4.98 Å². The van der Waals surface area contributed by atoms with Gasteiger partial charge in [0, 0.05) is 56.3 Å². The van der Waals surface area contributed by atoms with Crippen LogP contribution < -0.4 is 10.2 Å². The van der Waals surface area contributed by atoms with Crippen molar-refractivity contribution in [3.8, 4) is 0 Å². The molecule has 1 aliphatic carbocycles. The largest absolute Gasteiger partial charge is 0.359 e. The van der Waals surface area contributed by atoms with Crippen molar-refractivity contribution in [1.29, 1.82) is 0 Å². The van der Waals surface area contributed by atoms with Gasteiger partial charge in [0.1, 0.15) is 5.82 Å². The summed E-state index contributed by atoms with van der Waals surface area (Å²) in [6.07, 6.45) is 7.09. The zero-order valence-corrected chi connectivity index (χ0v) is 16.1. The highest BCUT2D eigenvalue weighted by atomic mass is 16.2. The van der Waals surface area contributed by atoms with E-state index in [4.69, 9.17) is 0 Å². The van der Waals surface area contributed by atoms with E-state index in [1.807, 2.05) is 27.0 Å². The van der Waals surface area contributed by atoms with E-state index in [-0.39, 0.29) is 11.9 Å². The first kappa shape index (κ1) is 18.7. The highest BCUT2D eigenvalue weighted by molar-refractivity contribution is 5.95. The third kappa shape index (κ3) is 4.34. The molecule has 6 heteroatoms. The summed E-state index contributed by atoms with van der Waals surface area (Å²) >= 11 is 0. The summed E-state index contributed by atoms with van der Waals surface area (Å²) in [7, 11) is 1.98. The topological polar surface area (TPSA) is 65.5 Å². The summed E-state index contributed by atoms with van der Waals surface area (Å²) in [5.41, 5.74) is 0.616. The maximum atomic E-state index is 12.4. The minimum atomic E-state index is -0.0829. The normalized spacial score (nSPS) is 20.8. The number of anilines is 1. The van der Waals surface area contributed by atoms with Crippen LogP contribution >= 0.6 is 0 Å². The Morgan fingerprint density at radius 3 is 2.81 bits per heavy atom. The molecule has 0 spiro atoms. The van der Waals surface area contributed by atoms with Crippen molar-refractivity contribution < 1.29 is 9.59 Å². The summed E-state index contributed by atoms with van der Waals surface area (Å²) in [5, 5.41) is 2.90. The number of carbonyl (C=O) groups is 2. The fourth-order valence-corrected chi connectivity index (χ4v) is 4.09. The number of hydrogen-bond donors (Lipinski definition) is 1. The Kier molecular flexibility index (Phi) is 5.79. The number of pyridine rings is 1. The first-order valence-electron chi connectivity index (χ1n) is 9.71. The van der Waals surface area contributed by atoms with Crippen molar-refractivity contribution in [3.05, 3.63) is 23.9 Å². The van der Waals surface area contributed by atoms with Crippen molar-refractivity contribution in [1.82, 2.24) is 15.2 Å². The SMILES string of the molecule is CC(C)NC(=O)c1ccnc(N(C)CC2CC(=O)N(C3CCCC3)C2)c1. The van der Waals surface area contributed by atoms with E-state index < -0.39 is 0 Å². The fraction of sp³-hybridized carbons (Fsp3) is 0.650. The van der Waals surface area contributed by atoms with Gasteiger partial charge in [-0.05, 0) is 38.8 Å². The number of hydrogen-bond acceptors (Lipinski definition) is 4. The zero-order chi connectivity index (χ0) is 18.7. The molecule has 1 aromatic rings. The predicted octanol–water partition coefficient (Wildman–Crippen LogP) is 2.45. The molecule has 1 saturated heterocycles. The molecule has 6 nitrogen and oxygen atoms in total. The summed E-state index contributed by atoms with van der Waals surface area (Å²) in [6, 6.07) is 4.11. The van der Waals surface area contributed by atoms with Crippen molar-refractivity contribution in [3.63, 3.8) is 0 Å². The van der Waals surface area contributed by atoms with Crippen molar-refractivity contribution in [2.75, 3.05) is 25.0 Å². The highest BCUT2D eigenvalue weighted by Crippen LogP contribution is 2.30. The second-order valence-corrected chi connectivity index (χ2v) is 7.97. The first-order chi connectivity index (χ1) is 12.4. The Bertz CT molecular complexity index is 655. The fourth-order valence-electron chi connectivity index (χ4n) is 4.09. The van der Waals surface area contributed by atoms with Crippen LogP contribution in [0.1, 0.15) is 56.3 Å². The van der Waals surface area contributed by atoms with Gasteiger partial charge in [0.05, 0.1) is 0 Å². The quantitative estimate of drug-likeness (QED) is 0.848. The van der Waals surface area contributed by atoms with Crippen molar-refractivity contribution in [2.24, 2.45) is 5.92 Å². The molecule has 1 saturated carbocycles. The molecule has 142 valence electrons. The number of likely N-dealkylation sites (tertiary alicyclic amines) is 1. The van der Waals surface area contributed by atoms with Crippen LogP contribution in [-0.4, -0.2) is 53.9 Å². The molecule has 2 aliphatic rings. The number of carbonyl (C=O) groups excluding carboxylic acids is 2. The summed E-state index contributed by atoms with van der Waals surface area (Å²) in [5.74, 6) is 1.31. The number of rotatable bonds is 6. The zero-order valence-electron chi connectivity index (χ0n) is 16.1. The van der Waals surface area contributed by atoms with E-state index in [9.17, 15) is 9.59 Å². The molecule has 1 aliphatic heterocycles. The smallest absolute Gasteiger partial charge is 0.251 e. The van der Waals surface area contributed by atoms with Crippen molar-refractivity contribution in [2.45, 2.75) is 58.0 Å². The van der Waals surface area contributed by atoms with Crippen LogP contribution in [0.15, 0.2) is 18.3 Å². The minimum Gasteiger partial charge on any atom is -0.359 e. The number of aromatic nitrogens is 1. The van der Waals surface area contributed by atoms with Crippen LogP contribution in [0.25, 0.3) is 0 Å². The van der Waals surface area contributed by atoms with E-state index >= 15 is 0 Å². The minimum absolute atomic E-state index is 0.0829. The van der Waals surface area contributed by atoms with Gasteiger partial charge in [0.25, 0.3) is 5.91 Å². The number of nitrogens with zero attached hydrogens (tertiary/aromatic N) is 3. The highest BCUT2D eigenvalue weighted by Gasteiger charge is 2.35. The lowest BCUT2D eigenvalue weighted by atomic mass is 10.1. The maximum Gasteiger partial charge on any atom is 0.251 e. The van der Waals surface area contributed by atoms with Crippen LogP contribution in [0.5, 0.6) is 0 Å². The van der Waals surface area contributed by atoms with Crippen molar-refractivity contribution >= 4 is 17.6 Å². The Labute approximate surface area is 156 Å². The Balaban J connectivity index is 1.60. The molecule has 0 aromatic carbocycles. The van der Waals surface area contributed by atoms with Crippen LogP contribution in [0.4, 0.5) is 5.82 Å². The molecule has 1 atom stereocenters.